The molecule has 7 nitrogen and oxygen atoms in total. The van der Waals surface area contributed by atoms with Crippen molar-refractivity contribution in [1.29, 1.82) is 0 Å². The summed E-state index contributed by atoms with van der Waals surface area (Å²) in [6.45, 7) is 1.64. The maximum absolute atomic E-state index is 13.4. The summed E-state index contributed by atoms with van der Waals surface area (Å²) in [4.78, 5) is -0.943. The Balaban J connectivity index is 2.91. The second-order valence-electron chi connectivity index (χ2n) is 4.28. The topological polar surface area (TPSA) is 116 Å². The predicted molar refractivity (Wildman–Crippen MR) is 75.2 cm³/mol. The first-order valence-corrected chi connectivity index (χ1v) is 9.22. The molecule has 0 amide bonds. The zero-order valence-electron chi connectivity index (χ0n) is 11.5. The van der Waals surface area contributed by atoms with Gasteiger partial charge in [0.05, 0.1) is 5.75 Å². The van der Waals surface area contributed by atoms with Crippen LogP contribution in [0, 0.1) is 11.6 Å². The Hall–Kier alpha value is -1.75. The molecule has 2 N–H and O–H groups in total. The molecular weight excluding hydrogens is 342 g/mol. The summed E-state index contributed by atoms with van der Waals surface area (Å²) in [5.74, 6) is -3.78. The van der Waals surface area contributed by atoms with Gasteiger partial charge in [-0.25, -0.2) is 17.2 Å². The Morgan fingerprint density at radius 1 is 1.27 bits per heavy atom. The van der Waals surface area contributed by atoms with Crippen LogP contribution in [0.25, 0.3) is 0 Å². The molecular formula is C11H14F2N2O5S2. The van der Waals surface area contributed by atoms with Crippen LogP contribution in [0.2, 0.25) is 0 Å². The van der Waals surface area contributed by atoms with Gasteiger partial charge < -0.3 is 5.73 Å². The molecule has 0 spiro atoms. The Morgan fingerprint density at radius 3 is 2.45 bits per heavy atom. The first-order chi connectivity index (χ1) is 10.1. The molecule has 0 saturated carbocycles. The lowest BCUT2D eigenvalue weighted by Gasteiger charge is -2.05. The molecule has 0 aliphatic carbocycles. The van der Waals surface area contributed by atoms with E-state index in [0.717, 1.165) is 6.07 Å². The number of sulfone groups is 1. The van der Waals surface area contributed by atoms with Gasteiger partial charge in [-0.05, 0) is 18.6 Å². The van der Waals surface area contributed by atoms with Crippen LogP contribution in [0.5, 0.6) is 0 Å². The molecule has 0 heterocycles. The number of rotatable bonds is 7. The van der Waals surface area contributed by atoms with Gasteiger partial charge in [-0.1, -0.05) is 12.1 Å². The zero-order valence-corrected chi connectivity index (χ0v) is 13.1. The fraction of sp³-hybridized carbons (Fsp3) is 0.364. The van der Waals surface area contributed by atoms with Gasteiger partial charge in [-0.15, -0.1) is 0 Å². The number of hydrogen-bond acceptors (Lipinski definition) is 6. The Bertz CT molecular complexity index is 776. The van der Waals surface area contributed by atoms with E-state index in [1.54, 1.807) is 6.92 Å². The second kappa shape index (κ2) is 7.01. The van der Waals surface area contributed by atoms with Gasteiger partial charge in [0.2, 0.25) is 0 Å². The minimum Gasteiger partial charge on any atom is -0.384 e. The maximum Gasteiger partial charge on any atom is 0.361 e. The summed E-state index contributed by atoms with van der Waals surface area (Å²) in [7, 11) is -8.21. The molecule has 124 valence electrons. The van der Waals surface area contributed by atoms with E-state index in [2.05, 4.69) is 9.44 Å². The van der Waals surface area contributed by atoms with Crippen LogP contribution >= 0.6 is 0 Å². The summed E-state index contributed by atoms with van der Waals surface area (Å²) < 4.78 is 76.5. The van der Waals surface area contributed by atoms with Crippen molar-refractivity contribution < 1.29 is 29.9 Å². The van der Waals surface area contributed by atoms with Crippen LogP contribution < -0.4 is 5.73 Å². The minimum absolute atomic E-state index is 0.150. The molecule has 0 unspecified atom stereocenters. The van der Waals surface area contributed by atoms with Gasteiger partial charge in [-0.2, -0.15) is 8.42 Å². The monoisotopic (exact) mass is 356 g/mol. The fourth-order valence-corrected chi connectivity index (χ4v) is 3.53. The number of nitrogens with two attached hydrogens (primary N) is 1. The normalized spacial score (nSPS) is 13.1. The quantitative estimate of drug-likeness (QED) is 0.438. The lowest BCUT2D eigenvalue weighted by atomic mass is 10.3. The third-order valence-corrected chi connectivity index (χ3v) is 5.21. The van der Waals surface area contributed by atoms with E-state index in [-0.39, 0.29) is 5.75 Å². The predicted octanol–water partition coefficient (Wildman–Crippen LogP) is 0.767. The average molecular weight is 356 g/mol. The highest BCUT2D eigenvalue weighted by molar-refractivity contribution is 7.92. The smallest absolute Gasteiger partial charge is 0.361 e. The molecule has 1 rings (SSSR count). The van der Waals surface area contributed by atoms with E-state index in [1.807, 2.05) is 0 Å². The molecule has 1 aromatic carbocycles. The number of amidine groups is 1. The Morgan fingerprint density at radius 2 is 1.91 bits per heavy atom. The van der Waals surface area contributed by atoms with Crippen molar-refractivity contribution in [3.8, 4) is 0 Å². The summed E-state index contributed by atoms with van der Waals surface area (Å²) >= 11 is 0. The van der Waals surface area contributed by atoms with Gasteiger partial charge >= 0.3 is 10.1 Å². The van der Waals surface area contributed by atoms with E-state index >= 15 is 0 Å². The van der Waals surface area contributed by atoms with Gasteiger partial charge in [0.15, 0.2) is 15.7 Å². The largest absolute Gasteiger partial charge is 0.384 e. The Labute approximate surface area is 126 Å². The third kappa shape index (κ3) is 5.22. The van der Waals surface area contributed by atoms with E-state index in [0.29, 0.717) is 18.6 Å². The van der Waals surface area contributed by atoms with Crippen molar-refractivity contribution in [2.24, 2.45) is 10.9 Å². The van der Waals surface area contributed by atoms with Gasteiger partial charge in [0.25, 0.3) is 0 Å². The summed E-state index contributed by atoms with van der Waals surface area (Å²) in [6.07, 6.45) is 0.357. The van der Waals surface area contributed by atoms with Crippen LogP contribution in [0.3, 0.4) is 0 Å². The molecule has 22 heavy (non-hydrogen) atoms. The van der Waals surface area contributed by atoms with E-state index in [9.17, 15) is 25.6 Å². The van der Waals surface area contributed by atoms with E-state index in [1.165, 1.54) is 0 Å². The minimum atomic E-state index is -4.67. The Kier molecular flexibility index (Phi) is 5.83. The number of benzene rings is 1. The van der Waals surface area contributed by atoms with Crippen LogP contribution in [0.4, 0.5) is 8.78 Å². The van der Waals surface area contributed by atoms with Crippen LogP contribution in [-0.2, 0) is 24.2 Å². The van der Waals surface area contributed by atoms with Gasteiger partial charge in [0.1, 0.15) is 22.3 Å². The SMILES string of the molecule is CCCS(=O)(=O)C/C(N)=N/OS(=O)(=O)c1ccc(F)cc1F. The highest BCUT2D eigenvalue weighted by Gasteiger charge is 2.22. The first-order valence-electron chi connectivity index (χ1n) is 5.99. The van der Waals surface area contributed by atoms with Crippen molar-refractivity contribution >= 4 is 25.8 Å². The lowest BCUT2D eigenvalue weighted by Crippen LogP contribution is -2.26. The summed E-state index contributed by atoms with van der Waals surface area (Å²) in [5.41, 5.74) is 5.27. The highest BCUT2D eigenvalue weighted by Crippen LogP contribution is 2.18. The number of halogens is 2. The van der Waals surface area contributed by atoms with Crippen LogP contribution in [-0.4, -0.2) is 34.2 Å². The van der Waals surface area contributed by atoms with Gasteiger partial charge in [-0.3, -0.25) is 4.28 Å². The second-order valence-corrected chi connectivity index (χ2v) is 7.96. The van der Waals surface area contributed by atoms with Gasteiger partial charge in [0, 0.05) is 6.07 Å². The van der Waals surface area contributed by atoms with Crippen molar-refractivity contribution in [2.75, 3.05) is 11.5 Å². The molecule has 0 bridgehead atoms. The summed E-state index contributed by atoms with van der Waals surface area (Å²) in [6, 6.07) is 1.73. The molecule has 0 radical (unpaired) electrons. The number of oxime groups is 1. The molecule has 0 saturated heterocycles. The van der Waals surface area contributed by atoms with Crippen molar-refractivity contribution in [1.82, 2.24) is 0 Å². The van der Waals surface area contributed by atoms with Crippen molar-refractivity contribution in [3.63, 3.8) is 0 Å². The number of nitrogens with zero attached hydrogens (tertiary/aromatic N) is 1. The third-order valence-electron chi connectivity index (χ3n) is 2.30. The fourth-order valence-electron chi connectivity index (χ4n) is 1.45. The average Bonchev–Trinajstić information content (AvgIpc) is 2.35. The van der Waals surface area contributed by atoms with E-state index < -0.39 is 48.1 Å². The highest BCUT2D eigenvalue weighted by atomic mass is 32.2. The van der Waals surface area contributed by atoms with E-state index in [4.69, 9.17) is 5.73 Å². The molecule has 11 heteroatoms. The molecule has 0 aliphatic heterocycles. The summed E-state index contributed by atoms with van der Waals surface area (Å²) in [5, 5.41) is 2.97. The lowest BCUT2D eigenvalue weighted by molar-refractivity contribution is 0.335. The molecule has 0 atom stereocenters. The van der Waals surface area contributed by atoms with Crippen LogP contribution in [0.15, 0.2) is 28.3 Å². The maximum atomic E-state index is 13.4. The molecule has 0 aromatic heterocycles. The first kappa shape index (κ1) is 18.3. The standard InChI is InChI=1S/C11H14F2N2O5S2/c1-2-5-21(16,17)7-11(14)15-20-22(18,19)10-4-3-8(12)6-9(10)13/h3-4,6H,2,5,7H2,1H3,(H2,14,15). The zero-order chi connectivity index (χ0) is 17.0. The molecule has 1 aromatic rings. The number of hydrogen-bond donors (Lipinski definition) is 1. The molecule has 0 fully saturated rings. The van der Waals surface area contributed by atoms with Crippen molar-refractivity contribution in [2.45, 2.75) is 18.2 Å². The van der Waals surface area contributed by atoms with Crippen LogP contribution in [0.1, 0.15) is 13.3 Å². The van der Waals surface area contributed by atoms with Crippen molar-refractivity contribution in [3.05, 3.63) is 29.8 Å². The molecule has 0 aliphatic rings.